The first-order chi connectivity index (χ1) is 14.4. The number of rotatable bonds is 5. The molecule has 0 N–H and O–H groups in total. The maximum Gasteiger partial charge on any atom is 0.289 e. The molecule has 4 rings (SSSR count). The van der Waals surface area contributed by atoms with E-state index in [4.69, 9.17) is 13.7 Å². The maximum atomic E-state index is 12.8. The fourth-order valence-electron chi connectivity index (χ4n) is 3.70. The molecule has 0 spiro atoms. The second kappa shape index (κ2) is 8.50. The van der Waals surface area contributed by atoms with Crippen LogP contribution in [0.15, 0.2) is 26.2 Å². The second-order valence-corrected chi connectivity index (χ2v) is 9.38. The fraction of sp³-hybridized carbons (Fsp3) is 0.579. The maximum absolute atomic E-state index is 12.8. The lowest BCUT2D eigenvalue weighted by molar-refractivity contribution is 0.0589. The molecule has 2 aliphatic rings. The standard InChI is InChI=1S/C19H26N4O6S/c1-14-16(15(2)29-20-14)13-21-5-7-22(8-6-21)19(24)17-3-4-18(28-17)30(25,26)23-9-11-27-12-10-23/h3-4H,5-13H2,1-2H3. The van der Waals surface area contributed by atoms with Gasteiger partial charge in [0.2, 0.25) is 5.09 Å². The molecule has 0 atom stereocenters. The van der Waals surface area contributed by atoms with E-state index in [1.54, 1.807) is 4.90 Å². The number of aryl methyl sites for hydroxylation is 2. The molecule has 2 aliphatic heterocycles. The number of sulfonamides is 1. The number of ether oxygens (including phenoxy) is 1. The fourth-order valence-corrected chi connectivity index (χ4v) is 5.02. The van der Waals surface area contributed by atoms with Crippen LogP contribution in [0.1, 0.15) is 27.6 Å². The molecule has 0 unspecified atom stereocenters. The number of carbonyl (C=O) groups excluding carboxylic acids is 1. The van der Waals surface area contributed by atoms with Crippen molar-refractivity contribution in [3.63, 3.8) is 0 Å². The van der Waals surface area contributed by atoms with Gasteiger partial charge in [0, 0.05) is 51.4 Å². The zero-order valence-electron chi connectivity index (χ0n) is 17.2. The van der Waals surface area contributed by atoms with Gasteiger partial charge in [-0.3, -0.25) is 9.69 Å². The van der Waals surface area contributed by atoms with Gasteiger partial charge >= 0.3 is 0 Å². The van der Waals surface area contributed by atoms with Crippen molar-refractivity contribution in [1.29, 1.82) is 0 Å². The zero-order valence-corrected chi connectivity index (χ0v) is 18.0. The molecule has 0 radical (unpaired) electrons. The van der Waals surface area contributed by atoms with Gasteiger partial charge in [-0.05, 0) is 26.0 Å². The Balaban J connectivity index is 1.37. The van der Waals surface area contributed by atoms with Crippen molar-refractivity contribution in [2.45, 2.75) is 25.5 Å². The average molecular weight is 439 g/mol. The third-order valence-corrected chi connectivity index (χ3v) is 7.35. The van der Waals surface area contributed by atoms with Gasteiger partial charge in [0.25, 0.3) is 15.9 Å². The first-order valence-corrected chi connectivity index (χ1v) is 11.4. The second-order valence-electron chi connectivity index (χ2n) is 7.51. The van der Waals surface area contributed by atoms with Crippen LogP contribution >= 0.6 is 0 Å². The minimum Gasteiger partial charge on any atom is -0.438 e. The van der Waals surface area contributed by atoms with Crippen LogP contribution in [0.3, 0.4) is 0 Å². The normalized spacial score (nSPS) is 19.3. The summed E-state index contributed by atoms with van der Waals surface area (Å²) in [6.45, 7) is 8.28. The molecular weight excluding hydrogens is 412 g/mol. The molecule has 11 heteroatoms. The van der Waals surface area contributed by atoms with Gasteiger partial charge in [0.05, 0.1) is 18.9 Å². The van der Waals surface area contributed by atoms with Crippen LogP contribution in [0.5, 0.6) is 0 Å². The van der Waals surface area contributed by atoms with E-state index in [2.05, 4.69) is 10.1 Å². The van der Waals surface area contributed by atoms with Crippen LogP contribution < -0.4 is 0 Å². The molecule has 30 heavy (non-hydrogen) atoms. The van der Waals surface area contributed by atoms with E-state index in [0.29, 0.717) is 39.4 Å². The number of nitrogens with zero attached hydrogens (tertiary/aromatic N) is 4. The Bertz CT molecular complexity index is 981. The molecule has 4 heterocycles. The van der Waals surface area contributed by atoms with Crippen molar-refractivity contribution in [3.8, 4) is 0 Å². The smallest absolute Gasteiger partial charge is 0.289 e. The largest absolute Gasteiger partial charge is 0.438 e. The molecule has 0 aromatic carbocycles. The molecule has 10 nitrogen and oxygen atoms in total. The predicted octanol–water partition coefficient (Wildman–Crippen LogP) is 0.863. The van der Waals surface area contributed by atoms with Crippen LogP contribution in [-0.2, 0) is 21.3 Å². The van der Waals surface area contributed by atoms with Gasteiger partial charge < -0.3 is 18.6 Å². The zero-order chi connectivity index (χ0) is 21.3. The SMILES string of the molecule is Cc1noc(C)c1CN1CCN(C(=O)c2ccc(S(=O)(=O)N3CCOCC3)o2)CC1. The summed E-state index contributed by atoms with van der Waals surface area (Å²) in [5, 5.41) is 3.78. The highest BCUT2D eigenvalue weighted by Gasteiger charge is 2.31. The number of hydrogen-bond acceptors (Lipinski definition) is 8. The van der Waals surface area contributed by atoms with Crippen LogP contribution in [0.2, 0.25) is 0 Å². The summed E-state index contributed by atoms with van der Waals surface area (Å²) >= 11 is 0. The molecule has 2 saturated heterocycles. The molecule has 2 fully saturated rings. The van der Waals surface area contributed by atoms with E-state index in [1.165, 1.54) is 16.4 Å². The summed E-state index contributed by atoms with van der Waals surface area (Å²) in [6.07, 6.45) is 0. The molecule has 2 aromatic rings. The van der Waals surface area contributed by atoms with E-state index < -0.39 is 10.0 Å². The third-order valence-electron chi connectivity index (χ3n) is 5.58. The molecule has 0 aliphatic carbocycles. The van der Waals surface area contributed by atoms with Crippen LogP contribution in [-0.4, -0.2) is 86.1 Å². The number of morpholine rings is 1. The van der Waals surface area contributed by atoms with Gasteiger partial charge in [0.1, 0.15) is 5.76 Å². The number of aromatic nitrogens is 1. The Hall–Kier alpha value is -2.21. The summed E-state index contributed by atoms with van der Waals surface area (Å²) < 4.78 is 42.6. The molecule has 0 bridgehead atoms. The highest BCUT2D eigenvalue weighted by atomic mass is 32.2. The summed E-state index contributed by atoms with van der Waals surface area (Å²) in [6, 6.07) is 2.79. The van der Waals surface area contributed by atoms with Gasteiger partial charge in [-0.1, -0.05) is 5.16 Å². The summed E-state index contributed by atoms with van der Waals surface area (Å²) in [7, 11) is -3.76. The molecular formula is C19H26N4O6S. The van der Waals surface area contributed by atoms with Crippen molar-refractivity contribution < 1.29 is 26.9 Å². The minimum absolute atomic E-state index is 0.0426. The Morgan fingerprint density at radius 2 is 1.77 bits per heavy atom. The third kappa shape index (κ3) is 4.15. The lowest BCUT2D eigenvalue weighted by atomic mass is 10.1. The van der Waals surface area contributed by atoms with Crippen LogP contribution in [0, 0.1) is 13.8 Å². The number of furan rings is 1. The van der Waals surface area contributed by atoms with Gasteiger partial charge in [-0.15, -0.1) is 0 Å². The lowest BCUT2D eigenvalue weighted by Gasteiger charge is -2.34. The number of carbonyl (C=O) groups is 1. The highest BCUT2D eigenvalue weighted by Crippen LogP contribution is 2.22. The number of piperazine rings is 1. The van der Waals surface area contributed by atoms with Crippen LogP contribution in [0.25, 0.3) is 0 Å². The van der Waals surface area contributed by atoms with Crippen molar-refractivity contribution >= 4 is 15.9 Å². The quantitative estimate of drug-likeness (QED) is 0.676. The van der Waals surface area contributed by atoms with Gasteiger partial charge in [-0.25, -0.2) is 8.42 Å². The van der Waals surface area contributed by atoms with E-state index in [9.17, 15) is 13.2 Å². The Morgan fingerprint density at radius 1 is 1.07 bits per heavy atom. The predicted molar refractivity (Wildman–Crippen MR) is 105 cm³/mol. The highest BCUT2D eigenvalue weighted by molar-refractivity contribution is 7.89. The van der Waals surface area contributed by atoms with E-state index in [0.717, 1.165) is 23.6 Å². The van der Waals surface area contributed by atoms with Crippen molar-refractivity contribution in [2.75, 3.05) is 52.5 Å². The Morgan fingerprint density at radius 3 is 2.40 bits per heavy atom. The minimum atomic E-state index is -3.76. The van der Waals surface area contributed by atoms with E-state index >= 15 is 0 Å². The van der Waals surface area contributed by atoms with Gasteiger partial charge in [0.15, 0.2) is 5.76 Å². The molecule has 2 aromatic heterocycles. The van der Waals surface area contributed by atoms with E-state index in [-0.39, 0.29) is 29.8 Å². The number of hydrogen-bond donors (Lipinski definition) is 0. The molecule has 0 saturated carbocycles. The van der Waals surface area contributed by atoms with E-state index in [1.807, 2.05) is 13.8 Å². The van der Waals surface area contributed by atoms with Crippen molar-refractivity contribution in [3.05, 3.63) is 34.9 Å². The van der Waals surface area contributed by atoms with Crippen molar-refractivity contribution in [2.24, 2.45) is 0 Å². The number of amides is 1. The Labute approximate surface area is 175 Å². The van der Waals surface area contributed by atoms with Crippen molar-refractivity contribution in [1.82, 2.24) is 19.3 Å². The van der Waals surface area contributed by atoms with Crippen LogP contribution in [0.4, 0.5) is 0 Å². The topological polar surface area (TPSA) is 109 Å². The molecule has 1 amide bonds. The summed E-state index contributed by atoms with van der Waals surface area (Å²) in [4.78, 5) is 16.7. The monoisotopic (exact) mass is 438 g/mol. The Kier molecular flexibility index (Phi) is 5.96. The average Bonchev–Trinajstić information content (AvgIpc) is 3.38. The summed E-state index contributed by atoms with van der Waals surface area (Å²) in [5.41, 5.74) is 1.97. The first kappa shape index (κ1) is 21.0. The lowest BCUT2D eigenvalue weighted by Crippen LogP contribution is -2.48. The summed E-state index contributed by atoms with van der Waals surface area (Å²) in [5.74, 6) is 0.562. The molecule has 164 valence electrons. The van der Waals surface area contributed by atoms with Gasteiger partial charge in [-0.2, -0.15) is 4.31 Å². The first-order valence-electron chi connectivity index (χ1n) is 9.97.